The van der Waals surface area contributed by atoms with E-state index in [1.807, 2.05) is 26.0 Å². The molecule has 0 aromatic heterocycles. The summed E-state index contributed by atoms with van der Waals surface area (Å²) in [6.45, 7) is 7.45. The van der Waals surface area contributed by atoms with E-state index in [-0.39, 0.29) is 6.10 Å². The highest BCUT2D eigenvalue weighted by atomic mass is 35.5. The molecule has 0 N–H and O–H groups in total. The van der Waals surface area contributed by atoms with E-state index in [9.17, 15) is 0 Å². The Morgan fingerprint density at radius 1 is 1.22 bits per heavy atom. The Labute approximate surface area is 115 Å². The Bertz CT molecular complexity index is 386. The summed E-state index contributed by atoms with van der Waals surface area (Å²) in [5, 5.41) is 0.721. The molecule has 2 nitrogen and oxygen atoms in total. The molecule has 1 aliphatic rings. The summed E-state index contributed by atoms with van der Waals surface area (Å²) in [5.74, 6) is 0.786. The second kappa shape index (κ2) is 6.44. The molecule has 100 valence electrons. The zero-order valence-electron chi connectivity index (χ0n) is 11.3. The number of likely N-dealkylation sites (tertiary alicyclic amines) is 1. The molecule has 18 heavy (non-hydrogen) atoms. The van der Waals surface area contributed by atoms with Crippen LogP contribution in [0.2, 0.25) is 5.02 Å². The first kappa shape index (κ1) is 13.7. The van der Waals surface area contributed by atoms with Crippen LogP contribution in [0.4, 0.5) is 0 Å². The molecule has 1 fully saturated rings. The summed E-state index contributed by atoms with van der Waals surface area (Å²) in [6, 6.07) is 6.15. The van der Waals surface area contributed by atoms with Gasteiger partial charge >= 0.3 is 0 Å². The van der Waals surface area contributed by atoms with Gasteiger partial charge in [-0.05, 0) is 57.5 Å². The average molecular weight is 268 g/mol. The van der Waals surface area contributed by atoms with Gasteiger partial charge in [-0.2, -0.15) is 0 Å². The molecule has 1 aromatic rings. The normalized spacial score (nSPS) is 17.1. The van der Waals surface area contributed by atoms with Crippen LogP contribution in [-0.2, 0) is 6.54 Å². The fourth-order valence-corrected chi connectivity index (χ4v) is 2.62. The Balaban J connectivity index is 1.99. The molecule has 0 radical (unpaired) electrons. The molecule has 0 atom stereocenters. The third-order valence-corrected chi connectivity index (χ3v) is 3.51. The van der Waals surface area contributed by atoms with E-state index in [1.165, 1.54) is 37.9 Å². The van der Waals surface area contributed by atoms with Crippen LogP contribution in [0.3, 0.4) is 0 Å². The zero-order valence-corrected chi connectivity index (χ0v) is 12.0. The van der Waals surface area contributed by atoms with E-state index >= 15 is 0 Å². The second-order valence-corrected chi connectivity index (χ2v) is 5.68. The van der Waals surface area contributed by atoms with Crippen molar-refractivity contribution < 1.29 is 4.74 Å². The van der Waals surface area contributed by atoms with Gasteiger partial charge in [0.15, 0.2) is 0 Å². The molecule has 0 spiro atoms. The number of rotatable bonds is 4. The second-order valence-electron chi connectivity index (χ2n) is 5.27. The van der Waals surface area contributed by atoms with Gasteiger partial charge in [-0.1, -0.05) is 24.1 Å². The minimum Gasteiger partial charge on any atom is -0.489 e. The summed E-state index contributed by atoms with van der Waals surface area (Å²) in [6.07, 6.45) is 4.18. The Kier molecular flexibility index (Phi) is 4.90. The molecule has 1 saturated heterocycles. The summed E-state index contributed by atoms with van der Waals surface area (Å²) in [7, 11) is 0. The van der Waals surface area contributed by atoms with E-state index < -0.39 is 0 Å². The Morgan fingerprint density at radius 2 is 1.94 bits per heavy atom. The molecule has 1 aliphatic heterocycles. The third-order valence-electron chi connectivity index (χ3n) is 3.21. The fourth-order valence-electron chi connectivity index (χ4n) is 2.37. The Morgan fingerprint density at radius 3 is 2.56 bits per heavy atom. The van der Waals surface area contributed by atoms with Crippen molar-refractivity contribution in [3.05, 3.63) is 28.8 Å². The van der Waals surface area contributed by atoms with Crippen molar-refractivity contribution in [2.24, 2.45) is 0 Å². The summed E-state index contributed by atoms with van der Waals surface area (Å²) < 4.78 is 5.64. The predicted molar refractivity (Wildman–Crippen MR) is 76.3 cm³/mol. The van der Waals surface area contributed by atoms with E-state index in [4.69, 9.17) is 16.3 Å². The molecule has 1 aromatic carbocycles. The SMILES string of the molecule is CC(C)Oc1ccc(CN2CCCCC2)cc1Cl. The van der Waals surface area contributed by atoms with Gasteiger partial charge in [0.25, 0.3) is 0 Å². The molecule has 0 aliphatic carbocycles. The topological polar surface area (TPSA) is 12.5 Å². The molecule has 3 heteroatoms. The van der Waals surface area contributed by atoms with Crippen LogP contribution in [0.1, 0.15) is 38.7 Å². The zero-order chi connectivity index (χ0) is 13.0. The largest absolute Gasteiger partial charge is 0.489 e. The molecule has 2 rings (SSSR count). The van der Waals surface area contributed by atoms with Gasteiger partial charge in [-0.15, -0.1) is 0 Å². The highest BCUT2D eigenvalue weighted by molar-refractivity contribution is 6.32. The van der Waals surface area contributed by atoms with Gasteiger partial charge in [0, 0.05) is 6.54 Å². The van der Waals surface area contributed by atoms with Gasteiger partial charge in [0.2, 0.25) is 0 Å². The van der Waals surface area contributed by atoms with Crippen LogP contribution >= 0.6 is 11.6 Å². The quantitative estimate of drug-likeness (QED) is 0.814. The smallest absolute Gasteiger partial charge is 0.138 e. The molecule has 0 bridgehead atoms. The maximum Gasteiger partial charge on any atom is 0.138 e. The Hall–Kier alpha value is -0.730. The van der Waals surface area contributed by atoms with E-state index in [2.05, 4.69) is 11.0 Å². The number of nitrogens with zero attached hydrogens (tertiary/aromatic N) is 1. The van der Waals surface area contributed by atoms with Crippen LogP contribution < -0.4 is 4.74 Å². The molecule has 0 unspecified atom stereocenters. The fraction of sp³-hybridized carbons (Fsp3) is 0.600. The lowest BCUT2D eigenvalue weighted by atomic mass is 10.1. The third kappa shape index (κ3) is 3.89. The van der Waals surface area contributed by atoms with E-state index in [1.54, 1.807) is 0 Å². The lowest BCUT2D eigenvalue weighted by molar-refractivity contribution is 0.220. The van der Waals surface area contributed by atoms with Gasteiger partial charge in [-0.3, -0.25) is 4.90 Å². The maximum absolute atomic E-state index is 6.25. The van der Waals surface area contributed by atoms with Gasteiger partial charge in [-0.25, -0.2) is 0 Å². The van der Waals surface area contributed by atoms with Crippen LogP contribution in [0.25, 0.3) is 0 Å². The number of hydrogen-bond acceptors (Lipinski definition) is 2. The summed E-state index contributed by atoms with van der Waals surface area (Å²) >= 11 is 6.25. The van der Waals surface area contributed by atoms with Crippen molar-refractivity contribution in [1.82, 2.24) is 4.90 Å². The van der Waals surface area contributed by atoms with Crippen LogP contribution in [0.15, 0.2) is 18.2 Å². The first-order valence-electron chi connectivity index (χ1n) is 6.82. The highest BCUT2D eigenvalue weighted by Crippen LogP contribution is 2.27. The molecule has 1 heterocycles. The minimum atomic E-state index is 0.162. The van der Waals surface area contributed by atoms with Crippen LogP contribution in [0.5, 0.6) is 5.75 Å². The summed E-state index contributed by atoms with van der Waals surface area (Å²) in [4.78, 5) is 2.50. The van der Waals surface area contributed by atoms with Crippen LogP contribution in [0, 0.1) is 0 Å². The summed E-state index contributed by atoms with van der Waals surface area (Å²) in [5.41, 5.74) is 1.28. The number of benzene rings is 1. The molecule has 0 saturated carbocycles. The standard InChI is InChI=1S/C15H22ClNO/c1-12(2)18-15-7-6-13(10-14(15)16)11-17-8-4-3-5-9-17/h6-7,10,12H,3-5,8-9,11H2,1-2H3. The predicted octanol–water partition coefficient (Wildman–Crippen LogP) is 4.11. The van der Waals surface area contributed by atoms with Crippen molar-refractivity contribution in [3.8, 4) is 5.75 Å². The monoisotopic (exact) mass is 267 g/mol. The molecule has 0 amide bonds. The van der Waals surface area contributed by atoms with Gasteiger partial charge < -0.3 is 4.74 Å². The van der Waals surface area contributed by atoms with E-state index in [0.717, 1.165) is 17.3 Å². The van der Waals surface area contributed by atoms with Crippen molar-refractivity contribution in [1.29, 1.82) is 0 Å². The van der Waals surface area contributed by atoms with Crippen LogP contribution in [-0.4, -0.2) is 24.1 Å². The molecular formula is C15H22ClNO. The number of piperidine rings is 1. The number of ether oxygens (including phenoxy) is 1. The maximum atomic E-state index is 6.25. The lowest BCUT2D eigenvalue weighted by Gasteiger charge is -2.26. The number of hydrogen-bond donors (Lipinski definition) is 0. The number of halogens is 1. The lowest BCUT2D eigenvalue weighted by Crippen LogP contribution is -2.29. The van der Waals surface area contributed by atoms with Crippen molar-refractivity contribution in [2.45, 2.75) is 45.8 Å². The van der Waals surface area contributed by atoms with Crippen molar-refractivity contribution in [2.75, 3.05) is 13.1 Å². The molecular weight excluding hydrogens is 246 g/mol. The van der Waals surface area contributed by atoms with E-state index in [0.29, 0.717) is 0 Å². The minimum absolute atomic E-state index is 0.162. The highest BCUT2D eigenvalue weighted by Gasteiger charge is 2.11. The van der Waals surface area contributed by atoms with Crippen molar-refractivity contribution in [3.63, 3.8) is 0 Å². The first-order chi connectivity index (χ1) is 8.65. The first-order valence-corrected chi connectivity index (χ1v) is 7.20. The van der Waals surface area contributed by atoms with Gasteiger partial charge in [0.05, 0.1) is 11.1 Å². The van der Waals surface area contributed by atoms with Gasteiger partial charge in [0.1, 0.15) is 5.75 Å². The van der Waals surface area contributed by atoms with Crippen molar-refractivity contribution >= 4 is 11.6 Å². The average Bonchev–Trinajstić information content (AvgIpc) is 2.33.